The molecule has 2 aromatic rings. The van der Waals surface area contributed by atoms with Crippen molar-refractivity contribution < 1.29 is 22.5 Å². The third-order valence-electron chi connectivity index (χ3n) is 3.98. The number of halogens is 3. The van der Waals surface area contributed by atoms with Crippen molar-refractivity contribution in [2.75, 3.05) is 32.5 Å². The molecule has 0 spiro atoms. The van der Waals surface area contributed by atoms with E-state index in [4.69, 9.17) is 16.6 Å². The number of benzene rings is 1. The topological polar surface area (TPSA) is 32.9 Å². The first-order valence-corrected chi connectivity index (χ1v) is 8.66. The molecule has 1 aromatic carbocycles. The van der Waals surface area contributed by atoms with Gasteiger partial charge in [0.25, 0.3) is 0 Å². The lowest BCUT2D eigenvalue weighted by Gasteiger charge is -2.31. The van der Waals surface area contributed by atoms with Gasteiger partial charge < -0.3 is 19.5 Å². The molecule has 0 saturated heterocycles. The Kier molecular flexibility index (Phi) is 6.66. The number of nitrogens with zero attached hydrogens (tertiary/aromatic N) is 1. The highest BCUT2D eigenvalue weighted by atomic mass is 32.1. The van der Waals surface area contributed by atoms with Crippen LogP contribution in [-0.4, -0.2) is 37.2 Å². The SMILES string of the molecule is CC(c1ccco1)N(CC[NH+](C)C)C(=S)Nc1cccc(C(F)(F)F)c1. The number of nitrogens with one attached hydrogen (secondary N) is 2. The maximum atomic E-state index is 12.9. The molecule has 0 saturated carbocycles. The summed E-state index contributed by atoms with van der Waals surface area (Å²) in [6, 6.07) is 8.52. The van der Waals surface area contributed by atoms with Crippen LogP contribution in [0.1, 0.15) is 24.3 Å². The molecule has 2 rings (SSSR count). The summed E-state index contributed by atoms with van der Waals surface area (Å²) in [6.45, 7) is 3.40. The van der Waals surface area contributed by atoms with Crippen LogP contribution >= 0.6 is 12.2 Å². The number of thiocarbonyl (C=S) groups is 1. The number of anilines is 1. The van der Waals surface area contributed by atoms with Gasteiger partial charge in [0.15, 0.2) is 5.11 Å². The molecule has 8 heteroatoms. The van der Waals surface area contributed by atoms with Crippen molar-refractivity contribution in [3.05, 3.63) is 54.0 Å². The Bertz CT molecular complexity index is 717. The minimum atomic E-state index is -4.39. The maximum absolute atomic E-state index is 12.9. The molecule has 1 atom stereocenters. The summed E-state index contributed by atoms with van der Waals surface area (Å²) < 4.78 is 44.2. The predicted molar refractivity (Wildman–Crippen MR) is 99.2 cm³/mol. The molecule has 4 nitrogen and oxygen atoms in total. The van der Waals surface area contributed by atoms with Crippen LogP contribution in [-0.2, 0) is 6.18 Å². The molecule has 0 aliphatic rings. The fraction of sp³-hybridized carbons (Fsp3) is 0.389. The van der Waals surface area contributed by atoms with E-state index in [1.165, 1.54) is 11.0 Å². The van der Waals surface area contributed by atoms with Crippen molar-refractivity contribution in [2.45, 2.75) is 19.1 Å². The van der Waals surface area contributed by atoms with Crippen LogP contribution in [0, 0.1) is 0 Å². The minimum absolute atomic E-state index is 0.143. The molecule has 0 aliphatic carbocycles. The van der Waals surface area contributed by atoms with Gasteiger partial charge in [0.05, 0.1) is 45.1 Å². The average Bonchev–Trinajstić information content (AvgIpc) is 3.08. The lowest BCUT2D eigenvalue weighted by atomic mass is 10.2. The summed E-state index contributed by atoms with van der Waals surface area (Å²) >= 11 is 5.48. The first-order chi connectivity index (χ1) is 12.2. The van der Waals surface area contributed by atoms with Crippen molar-refractivity contribution in [1.82, 2.24) is 4.90 Å². The summed E-state index contributed by atoms with van der Waals surface area (Å²) in [5.41, 5.74) is -0.410. The van der Waals surface area contributed by atoms with E-state index in [-0.39, 0.29) is 6.04 Å². The Morgan fingerprint density at radius 3 is 2.58 bits per heavy atom. The van der Waals surface area contributed by atoms with E-state index in [9.17, 15) is 13.2 Å². The molecule has 0 radical (unpaired) electrons. The van der Waals surface area contributed by atoms with Gasteiger partial charge in [-0.15, -0.1) is 0 Å². The Hall–Kier alpha value is -2.06. The molecule has 1 aromatic heterocycles. The van der Waals surface area contributed by atoms with Crippen LogP contribution in [0.5, 0.6) is 0 Å². The quantitative estimate of drug-likeness (QED) is 0.747. The standard InChI is InChI=1S/C18H22F3N3OS/c1-13(16-8-5-11-25-16)24(10-9-23(2)3)17(26)22-15-7-4-6-14(12-15)18(19,20)21/h4-8,11-13H,9-10H2,1-3H3,(H,22,26)/p+1. The number of hydrogen-bond donors (Lipinski definition) is 2. The molecule has 26 heavy (non-hydrogen) atoms. The Morgan fingerprint density at radius 2 is 2.00 bits per heavy atom. The fourth-order valence-electron chi connectivity index (χ4n) is 2.47. The van der Waals surface area contributed by atoms with Gasteiger partial charge in [-0.05, 0) is 49.5 Å². The van der Waals surface area contributed by atoms with Crippen molar-refractivity contribution in [3.8, 4) is 0 Å². The van der Waals surface area contributed by atoms with Gasteiger partial charge in [-0.3, -0.25) is 0 Å². The molecule has 0 amide bonds. The van der Waals surface area contributed by atoms with Gasteiger partial charge in [-0.25, -0.2) is 0 Å². The summed E-state index contributed by atoms with van der Waals surface area (Å²) in [5.74, 6) is 0.743. The number of quaternary nitrogens is 1. The van der Waals surface area contributed by atoms with Crippen molar-refractivity contribution in [1.29, 1.82) is 0 Å². The summed E-state index contributed by atoms with van der Waals surface area (Å²) in [5, 5.41) is 3.28. The predicted octanol–water partition coefficient (Wildman–Crippen LogP) is 3.20. The van der Waals surface area contributed by atoms with Crippen molar-refractivity contribution in [2.24, 2.45) is 0 Å². The van der Waals surface area contributed by atoms with Gasteiger partial charge in [0.2, 0.25) is 0 Å². The summed E-state index contributed by atoms with van der Waals surface area (Å²) in [7, 11) is 4.05. The third kappa shape index (κ3) is 5.47. The molecular weight excluding hydrogens is 363 g/mol. The van der Waals surface area contributed by atoms with Crippen LogP contribution in [0.4, 0.5) is 18.9 Å². The maximum Gasteiger partial charge on any atom is 0.416 e. The van der Waals surface area contributed by atoms with E-state index < -0.39 is 11.7 Å². The lowest BCUT2D eigenvalue weighted by Crippen LogP contribution is -3.06. The van der Waals surface area contributed by atoms with Crippen LogP contribution in [0.2, 0.25) is 0 Å². The zero-order valence-corrected chi connectivity index (χ0v) is 15.7. The zero-order chi connectivity index (χ0) is 19.3. The number of furan rings is 1. The summed E-state index contributed by atoms with van der Waals surface area (Å²) in [4.78, 5) is 3.16. The van der Waals surface area contributed by atoms with Gasteiger partial charge in [0.1, 0.15) is 5.76 Å². The Morgan fingerprint density at radius 1 is 1.27 bits per heavy atom. The minimum Gasteiger partial charge on any atom is -0.467 e. The van der Waals surface area contributed by atoms with Crippen molar-refractivity contribution in [3.63, 3.8) is 0 Å². The van der Waals surface area contributed by atoms with Crippen LogP contribution < -0.4 is 10.2 Å². The first kappa shape index (κ1) is 20.3. The monoisotopic (exact) mass is 386 g/mol. The molecule has 2 N–H and O–H groups in total. The number of hydrogen-bond acceptors (Lipinski definition) is 2. The van der Waals surface area contributed by atoms with E-state index in [2.05, 4.69) is 5.32 Å². The first-order valence-electron chi connectivity index (χ1n) is 8.26. The van der Waals surface area contributed by atoms with Gasteiger partial charge in [0, 0.05) is 5.69 Å². The largest absolute Gasteiger partial charge is 0.467 e. The molecule has 0 aliphatic heterocycles. The molecule has 0 fully saturated rings. The number of rotatable bonds is 6. The van der Waals surface area contributed by atoms with Gasteiger partial charge in [-0.2, -0.15) is 13.2 Å². The van der Waals surface area contributed by atoms with Crippen LogP contribution in [0.15, 0.2) is 47.1 Å². The van der Waals surface area contributed by atoms with E-state index >= 15 is 0 Å². The number of alkyl halides is 3. The molecule has 0 bridgehead atoms. The van der Waals surface area contributed by atoms with Crippen molar-refractivity contribution >= 4 is 23.0 Å². The van der Waals surface area contributed by atoms with E-state index in [0.29, 0.717) is 17.3 Å². The Balaban J connectivity index is 2.18. The molecule has 1 unspecified atom stereocenters. The summed E-state index contributed by atoms with van der Waals surface area (Å²) in [6.07, 6.45) is -2.81. The van der Waals surface area contributed by atoms with Gasteiger partial charge in [-0.1, -0.05) is 6.07 Å². The average molecular weight is 386 g/mol. The highest BCUT2D eigenvalue weighted by molar-refractivity contribution is 7.80. The number of likely N-dealkylation sites (N-methyl/N-ethyl adjacent to an activating group) is 1. The highest BCUT2D eigenvalue weighted by Crippen LogP contribution is 2.31. The van der Waals surface area contributed by atoms with Crippen LogP contribution in [0.25, 0.3) is 0 Å². The van der Waals surface area contributed by atoms with Crippen LogP contribution in [0.3, 0.4) is 0 Å². The van der Waals surface area contributed by atoms with E-state index in [1.807, 2.05) is 32.0 Å². The smallest absolute Gasteiger partial charge is 0.416 e. The normalized spacial score (nSPS) is 12.9. The molecular formula is C18H23F3N3OS+. The van der Waals surface area contributed by atoms with E-state index in [0.717, 1.165) is 24.4 Å². The lowest BCUT2D eigenvalue weighted by molar-refractivity contribution is -0.857. The molecule has 1 heterocycles. The van der Waals surface area contributed by atoms with E-state index in [1.54, 1.807) is 18.4 Å². The zero-order valence-electron chi connectivity index (χ0n) is 14.9. The Labute approximate surface area is 156 Å². The second kappa shape index (κ2) is 8.55. The third-order valence-corrected chi connectivity index (χ3v) is 4.31. The second-order valence-electron chi connectivity index (χ2n) is 6.35. The fourth-order valence-corrected chi connectivity index (χ4v) is 2.83. The van der Waals surface area contributed by atoms with Gasteiger partial charge >= 0.3 is 6.18 Å². The second-order valence-corrected chi connectivity index (χ2v) is 6.74. The highest BCUT2D eigenvalue weighted by Gasteiger charge is 2.30. The molecule has 142 valence electrons.